The minimum atomic E-state index is -0.649. The van der Waals surface area contributed by atoms with Crippen LogP contribution in [-0.2, 0) is 6.42 Å². The molecule has 18 heavy (non-hydrogen) atoms. The number of aromatic nitrogens is 1. The third-order valence-electron chi connectivity index (χ3n) is 2.56. The second-order valence-corrected chi connectivity index (χ2v) is 5.58. The van der Waals surface area contributed by atoms with E-state index in [9.17, 15) is 5.11 Å². The second kappa shape index (κ2) is 6.02. The summed E-state index contributed by atoms with van der Waals surface area (Å²) in [6.07, 6.45) is 1.36. The first-order valence-corrected chi connectivity index (χ1v) is 6.84. The predicted octanol–water partition coefficient (Wildman–Crippen LogP) is 4.43. The van der Waals surface area contributed by atoms with E-state index >= 15 is 0 Å². The Bertz CT molecular complexity index is 562. The highest BCUT2D eigenvalue weighted by atomic mass is 79.9. The van der Waals surface area contributed by atoms with Gasteiger partial charge in [0.1, 0.15) is 5.15 Å². The molecule has 1 unspecified atom stereocenters. The van der Waals surface area contributed by atoms with Crippen LogP contribution < -0.4 is 0 Å². The van der Waals surface area contributed by atoms with Crippen molar-refractivity contribution in [2.24, 2.45) is 0 Å². The fourth-order valence-electron chi connectivity index (χ4n) is 1.64. The minimum absolute atomic E-state index is 0.369. The molecule has 0 saturated heterocycles. The maximum atomic E-state index is 10.1. The van der Waals surface area contributed by atoms with Crippen LogP contribution in [0.15, 0.2) is 41.0 Å². The van der Waals surface area contributed by atoms with E-state index in [1.54, 1.807) is 18.3 Å². The van der Waals surface area contributed by atoms with Gasteiger partial charge in [-0.15, -0.1) is 0 Å². The van der Waals surface area contributed by atoms with E-state index in [4.69, 9.17) is 23.2 Å². The molecule has 0 radical (unpaired) electrons. The van der Waals surface area contributed by atoms with Crippen LogP contribution in [0.25, 0.3) is 0 Å². The second-order valence-electron chi connectivity index (χ2n) is 3.87. The molecule has 0 fully saturated rings. The summed E-state index contributed by atoms with van der Waals surface area (Å²) in [5, 5.41) is 11.1. The van der Waals surface area contributed by atoms with E-state index in [1.807, 2.05) is 18.2 Å². The topological polar surface area (TPSA) is 33.1 Å². The SMILES string of the molecule is OC(Cc1ccc(Br)cc1Cl)c1ccnc(Cl)c1. The molecule has 0 bridgehead atoms. The first-order chi connectivity index (χ1) is 8.56. The highest BCUT2D eigenvalue weighted by Gasteiger charge is 2.11. The smallest absolute Gasteiger partial charge is 0.129 e. The van der Waals surface area contributed by atoms with Crippen LogP contribution in [0.5, 0.6) is 0 Å². The summed E-state index contributed by atoms with van der Waals surface area (Å²) in [6.45, 7) is 0. The third kappa shape index (κ3) is 3.45. The normalized spacial score (nSPS) is 12.4. The molecule has 94 valence electrons. The van der Waals surface area contributed by atoms with Gasteiger partial charge in [0.05, 0.1) is 6.10 Å². The highest BCUT2D eigenvalue weighted by Crippen LogP contribution is 2.26. The fourth-order valence-corrected chi connectivity index (χ4v) is 2.57. The van der Waals surface area contributed by atoms with E-state index < -0.39 is 6.10 Å². The molecule has 1 heterocycles. The monoisotopic (exact) mass is 345 g/mol. The van der Waals surface area contributed by atoms with Crippen molar-refractivity contribution in [3.8, 4) is 0 Å². The Morgan fingerprint density at radius 1 is 1.22 bits per heavy atom. The van der Waals surface area contributed by atoms with Crippen molar-refractivity contribution in [3.05, 3.63) is 62.3 Å². The quantitative estimate of drug-likeness (QED) is 0.834. The predicted molar refractivity (Wildman–Crippen MR) is 77.1 cm³/mol. The number of pyridine rings is 1. The minimum Gasteiger partial charge on any atom is -0.388 e. The molecular weight excluding hydrogens is 337 g/mol. The van der Waals surface area contributed by atoms with Crippen LogP contribution in [0.2, 0.25) is 10.2 Å². The average molecular weight is 347 g/mol. The van der Waals surface area contributed by atoms with Gasteiger partial charge in [0.25, 0.3) is 0 Å². The summed E-state index contributed by atoms with van der Waals surface area (Å²) in [4.78, 5) is 3.88. The van der Waals surface area contributed by atoms with Gasteiger partial charge in [-0.1, -0.05) is 45.2 Å². The van der Waals surface area contributed by atoms with Gasteiger partial charge in [0, 0.05) is 22.1 Å². The van der Waals surface area contributed by atoms with Crippen molar-refractivity contribution < 1.29 is 5.11 Å². The van der Waals surface area contributed by atoms with Crippen LogP contribution >= 0.6 is 39.1 Å². The fraction of sp³-hybridized carbons (Fsp3) is 0.154. The number of halogens is 3. The molecule has 0 amide bonds. The number of rotatable bonds is 3. The van der Waals surface area contributed by atoms with Gasteiger partial charge in [0.15, 0.2) is 0 Å². The Kier molecular flexibility index (Phi) is 4.62. The van der Waals surface area contributed by atoms with E-state index in [1.165, 1.54) is 0 Å². The number of benzene rings is 1. The van der Waals surface area contributed by atoms with Crippen LogP contribution in [0.4, 0.5) is 0 Å². The van der Waals surface area contributed by atoms with Gasteiger partial charge in [-0.3, -0.25) is 0 Å². The molecular formula is C13H10BrCl2NO. The lowest BCUT2D eigenvalue weighted by Gasteiger charge is -2.12. The number of hydrogen-bond acceptors (Lipinski definition) is 2. The zero-order valence-electron chi connectivity index (χ0n) is 9.28. The summed E-state index contributed by atoms with van der Waals surface area (Å²) in [5.74, 6) is 0. The Morgan fingerprint density at radius 2 is 2.00 bits per heavy atom. The molecule has 5 heteroatoms. The lowest BCUT2D eigenvalue weighted by atomic mass is 10.0. The van der Waals surface area contributed by atoms with Crippen molar-refractivity contribution in [1.82, 2.24) is 4.98 Å². The summed E-state index contributed by atoms with van der Waals surface area (Å²) >= 11 is 15.2. The van der Waals surface area contributed by atoms with Crippen molar-refractivity contribution in [1.29, 1.82) is 0 Å². The molecule has 0 aliphatic heterocycles. The van der Waals surface area contributed by atoms with Crippen molar-refractivity contribution in [3.63, 3.8) is 0 Å². The third-order valence-corrected chi connectivity index (χ3v) is 3.62. The standard InChI is InChI=1S/C13H10BrCl2NO/c14-10-2-1-8(11(15)7-10)5-12(18)9-3-4-17-13(16)6-9/h1-4,6-7,12,18H,5H2. The van der Waals surface area contributed by atoms with E-state index in [-0.39, 0.29) is 0 Å². The Morgan fingerprint density at radius 3 is 2.67 bits per heavy atom. The summed E-state index contributed by atoms with van der Waals surface area (Å²) in [6, 6.07) is 8.98. The number of hydrogen-bond donors (Lipinski definition) is 1. The van der Waals surface area contributed by atoms with Gasteiger partial charge >= 0.3 is 0 Å². The van der Waals surface area contributed by atoms with E-state index in [0.29, 0.717) is 16.6 Å². The molecule has 1 aromatic carbocycles. The zero-order valence-corrected chi connectivity index (χ0v) is 12.4. The molecule has 0 spiro atoms. The van der Waals surface area contributed by atoms with E-state index in [2.05, 4.69) is 20.9 Å². The first kappa shape index (κ1) is 13.8. The van der Waals surface area contributed by atoms with Crippen molar-refractivity contribution in [2.75, 3.05) is 0 Å². The molecule has 0 aliphatic rings. The van der Waals surface area contributed by atoms with Gasteiger partial charge < -0.3 is 5.11 Å². The molecule has 0 saturated carbocycles. The van der Waals surface area contributed by atoms with Crippen molar-refractivity contribution >= 4 is 39.1 Å². The van der Waals surface area contributed by atoms with Crippen LogP contribution in [0.3, 0.4) is 0 Å². The molecule has 1 N–H and O–H groups in total. The van der Waals surface area contributed by atoms with Crippen LogP contribution in [0, 0.1) is 0 Å². The maximum absolute atomic E-state index is 10.1. The Hall–Kier alpha value is -0.610. The van der Waals surface area contributed by atoms with Crippen LogP contribution in [-0.4, -0.2) is 10.1 Å². The first-order valence-electron chi connectivity index (χ1n) is 5.29. The molecule has 2 aromatic rings. The lowest BCUT2D eigenvalue weighted by Crippen LogP contribution is -2.02. The largest absolute Gasteiger partial charge is 0.388 e. The van der Waals surface area contributed by atoms with Gasteiger partial charge in [0.2, 0.25) is 0 Å². The summed E-state index contributed by atoms with van der Waals surface area (Å²) in [7, 11) is 0. The van der Waals surface area contributed by atoms with Gasteiger partial charge in [-0.25, -0.2) is 4.98 Å². The zero-order chi connectivity index (χ0) is 13.1. The highest BCUT2D eigenvalue weighted by molar-refractivity contribution is 9.10. The molecule has 2 rings (SSSR count). The van der Waals surface area contributed by atoms with Crippen molar-refractivity contribution in [2.45, 2.75) is 12.5 Å². The number of aliphatic hydroxyl groups is 1. The molecule has 2 nitrogen and oxygen atoms in total. The summed E-state index contributed by atoms with van der Waals surface area (Å²) < 4.78 is 0.915. The van der Waals surface area contributed by atoms with Crippen LogP contribution in [0.1, 0.15) is 17.2 Å². The maximum Gasteiger partial charge on any atom is 0.129 e. The lowest BCUT2D eigenvalue weighted by molar-refractivity contribution is 0.178. The van der Waals surface area contributed by atoms with E-state index in [0.717, 1.165) is 15.6 Å². The average Bonchev–Trinajstić information content (AvgIpc) is 2.32. The Balaban J connectivity index is 2.18. The summed E-state index contributed by atoms with van der Waals surface area (Å²) in [5.41, 5.74) is 1.62. The van der Waals surface area contributed by atoms with Gasteiger partial charge in [-0.05, 0) is 35.4 Å². The number of aliphatic hydroxyl groups excluding tert-OH is 1. The molecule has 1 atom stereocenters. The Labute approximate surface area is 124 Å². The number of nitrogens with zero attached hydrogens (tertiary/aromatic N) is 1. The van der Waals surface area contributed by atoms with Gasteiger partial charge in [-0.2, -0.15) is 0 Å². The molecule has 0 aliphatic carbocycles. The molecule has 1 aromatic heterocycles.